The molecule has 0 saturated carbocycles. The van der Waals surface area contributed by atoms with Crippen LogP contribution >= 0.6 is 0 Å². The van der Waals surface area contributed by atoms with E-state index in [9.17, 15) is 9.50 Å². The molecule has 0 radical (unpaired) electrons. The highest BCUT2D eigenvalue weighted by molar-refractivity contribution is 5.36. The van der Waals surface area contributed by atoms with Crippen molar-refractivity contribution in [3.05, 3.63) is 53.6 Å². The van der Waals surface area contributed by atoms with Crippen LogP contribution in [-0.4, -0.2) is 10.1 Å². The summed E-state index contributed by atoms with van der Waals surface area (Å²) < 4.78 is 18.3. The van der Waals surface area contributed by atoms with Gasteiger partial charge >= 0.3 is 0 Å². The Kier molecular flexibility index (Phi) is 3.23. The van der Waals surface area contributed by atoms with Crippen LogP contribution in [0.3, 0.4) is 0 Å². The molecule has 0 fully saturated rings. The number of hydrogen-bond donors (Lipinski definition) is 1. The molecule has 2 aromatic rings. The van der Waals surface area contributed by atoms with Gasteiger partial charge in [0.15, 0.2) is 0 Å². The Morgan fingerprint density at radius 1 is 1.24 bits per heavy atom. The Balaban J connectivity index is 2.07. The summed E-state index contributed by atoms with van der Waals surface area (Å²) >= 11 is 0. The van der Waals surface area contributed by atoms with Crippen LogP contribution in [0.2, 0.25) is 0 Å². The number of aromatic nitrogens is 1. The largest absolute Gasteiger partial charge is 0.508 e. The molecule has 17 heavy (non-hydrogen) atoms. The molecule has 0 aliphatic heterocycles. The molecule has 3 nitrogen and oxygen atoms in total. The summed E-state index contributed by atoms with van der Waals surface area (Å²) in [4.78, 5) is 3.73. The molecule has 0 unspecified atom stereocenters. The number of hydrogen-bond acceptors (Lipinski definition) is 3. The van der Waals surface area contributed by atoms with Crippen molar-refractivity contribution < 1.29 is 14.2 Å². The predicted octanol–water partition coefficient (Wildman–Crippen LogP) is 2.81. The SMILES string of the molecule is Cc1cc(O)cc(OCc2cncc(F)c2)c1. The first-order valence-corrected chi connectivity index (χ1v) is 5.16. The van der Waals surface area contributed by atoms with Crippen LogP contribution in [0.1, 0.15) is 11.1 Å². The van der Waals surface area contributed by atoms with Crippen LogP contribution in [0.15, 0.2) is 36.7 Å². The molecule has 1 heterocycles. The van der Waals surface area contributed by atoms with E-state index in [1.54, 1.807) is 18.3 Å². The van der Waals surface area contributed by atoms with E-state index in [4.69, 9.17) is 4.74 Å². The van der Waals surface area contributed by atoms with Gasteiger partial charge in [-0.15, -0.1) is 0 Å². The molecule has 0 amide bonds. The number of aromatic hydroxyl groups is 1. The summed E-state index contributed by atoms with van der Waals surface area (Å²) in [5.41, 5.74) is 1.54. The lowest BCUT2D eigenvalue weighted by Crippen LogP contribution is -1.97. The number of ether oxygens (including phenoxy) is 1. The van der Waals surface area contributed by atoms with Crippen molar-refractivity contribution in [3.8, 4) is 11.5 Å². The maximum absolute atomic E-state index is 12.9. The third kappa shape index (κ3) is 3.17. The number of aryl methyl sites for hydroxylation is 1. The maximum Gasteiger partial charge on any atom is 0.141 e. The molecular weight excluding hydrogens is 221 g/mol. The molecule has 4 heteroatoms. The van der Waals surface area contributed by atoms with Gasteiger partial charge in [0.05, 0.1) is 6.20 Å². The molecule has 2 rings (SSSR count). The number of nitrogens with zero attached hydrogens (tertiary/aromatic N) is 1. The van der Waals surface area contributed by atoms with Gasteiger partial charge in [-0.25, -0.2) is 4.39 Å². The minimum Gasteiger partial charge on any atom is -0.508 e. The van der Waals surface area contributed by atoms with Crippen molar-refractivity contribution >= 4 is 0 Å². The highest BCUT2D eigenvalue weighted by atomic mass is 19.1. The van der Waals surface area contributed by atoms with Gasteiger partial charge in [0.25, 0.3) is 0 Å². The minimum absolute atomic E-state index is 0.150. The second-order valence-electron chi connectivity index (χ2n) is 3.80. The average Bonchev–Trinajstić information content (AvgIpc) is 2.25. The van der Waals surface area contributed by atoms with Crippen molar-refractivity contribution in [1.29, 1.82) is 0 Å². The average molecular weight is 233 g/mol. The van der Waals surface area contributed by atoms with E-state index in [2.05, 4.69) is 4.98 Å². The lowest BCUT2D eigenvalue weighted by atomic mass is 10.2. The van der Waals surface area contributed by atoms with Gasteiger partial charge in [0.1, 0.15) is 23.9 Å². The van der Waals surface area contributed by atoms with Crippen molar-refractivity contribution in [2.24, 2.45) is 0 Å². The van der Waals surface area contributed by atoms with E-state index in [1.165, 1.54) is 12.1 Å². The van der Waals surface area contributed by atoms with Gasteiger partial charge in [-0.05, 0) is 30.7 Å². The number of phenolic OH excluding ortho intramolecular Hbond substituents is 1. The second kappa shape index (κ2) is 4.82. The fraction of sp³-hybridized carbons (Fsp3) is 0.154. The lowest BCUT2D eigenvalue weighted by molar-refractivity contribution is 0.303. The van der Waals surface area contributed by atoms with E-state index in [0.29, 0.717) is 11.3 Å². The molecule has 0 spiro atoms. The highest BCUT2D eigenvalue weighted by Crippen LogP contribution is 2.22. The normalized spacial score (nSPS) is 10.2. The van der Waals surface area contributed by atoms with Gasteiger partial charge in [-0.2, -0.15) is 0 Å². The lowest BCUT2D eigenvalue weighted by Gasteiger charge is -2.07. The van der Waals surface area contributed by atoms with Gasteiger partial charge in [0.2, 0.25) is 0 Å². The summed E-state index contributed by atoms with van der Waals surface area (Å²) in [6.45, 7) is 2.07. The van der Waals surface area contributed by atoms with Crippen LogP contribution in [-0.2, 0) is 6.61 Å². The molecule has 0 bridgehead atoms. The molecule has 0 aliphatic rings. The van der Waals surface area contributed by atoms with Crippen LogP contribution in [0.5, 0.6) is 11.5 Å². The first-order chi connectivity index (χ1) is 8.13. The fourth-order valence-corrected chi connectivity index (χ4v) is 1.51. The topological polar surface area (TPSA) is 42.4 Å². The van der Waals surface area contributed by atoms with E-state index in [-0.39, 0.29) is 12.4 Å². The number of rotatable bonds is 3. The highest BCUT2D eigenvalue weighted by Gasteiger charge is 2.00. The van der Waals surface area contributed by atoms with Crippen molar-refractivity contribution in [3.63, 3.8) is 0 Å². The molecule has 1 aromatic heterocycles. The Bertz CT molecular complexity index is 508. The van der Waals surface area contributed by atoms with Crippen molar-refractivity contribution in [1.82, 2.24) is 4.98 Å². The molecule has 0 atom stereocenters. The van der Waals surface area contributed by atoms with E-state index < -0.39 is 5.82 Å². The Hall–Kier alpha value is -2.10. The Morgan fingerprint density at radius 2 is 2.06 bits per heavy atom. The number of halogens is 1. The summed E-state index contributed by atoms with van der Waals surface area (Å²) in [6.07, 6.45) is 2.68. The van der Waals surface area contributed by atoms with Crippen LogP contribution in [0.4, 0.5) is 4.39 Å². The fourth-order valence-electron chi connectivity index (χ4n) is 1.51. The Morgan fingerprint density at radius 3 is 2.76 bits per heavy atom. The van der Waals surface area contributed by atoms with Gasteiger partial charge in [-0.3, -0.25) is 4.98 Å². The standard InChI is InChI=1S/C13H12FNO2/c1-9-2-12(16)5-13(3-9)17-8-10-4-11(14)7-15-6-10/h2-7,16H,8H2,1H3. The molecule has 0 saturated heterocycles. The summed E-state index contributed by atoms with van der Waals surface area (Å²) in [7, 11) is 0. The third-order valence-corrected chi connectivity index (χ3v) is 2.20. The molecule has 0 aliphatic carbocycles. The van der Waals surface area contributed by atoms with Gasteiger partial charge in [0, 0.05) is 17.8 Å². The van der Waals surface area contributed by atoms with Crippen LogP contribution in [0.25, 0.3) is 0 Å². The van der Waals surface area contributed by atoms with E-state index >= 15 is 0 Å². The third-order valence-electron chi connectivity index (χ3n) is 2.20. The first-order valence-electron chi connectivity index (χ1n) is 5.16. The molecule has 1 aromatic carbocycles. The molecule has 88 valence electrons. The summed E-state index contributed by atoms with van der Waals surface area (Å²) in [6, 6.07) is 6.31. The van der Waals surface area contributed by atoms with Gasteiger partial charge in [-0.1, -0.05) is 0 Å². The van der Waals surface area contributed by atoms with Crippen LogP contribution in [0, 0.1) is 12.7 Å². The summed E-state index contributed by atoms with van der Waals surface area (Å²) in [5, 5.41) is 9.38. The zero-order chi connectivity index (χ0) is 12.3. The predicted molar refractivity (Wildman–Crippen MR) is 61.4 cm³/mol. The zero-order valence-corrected chi connectivity index (χ0v) is 9.35. The Labute approximate surface area is 98.5 Å². The molecule has 1 N–H and O–H groups in total. The second-order valence-corrected chi connectivity index (χ2v) is 3.80. The molecular formula is C13H12FNO2. The zero-order valence-electron chi connectivity index (χ0n) is 9.35. The number of phenols is 1. The number of benzene rings is 1. The van der Waals surface area contributed by atoms with Crippen LogP contribution < -0.4 is 4.74 Å². The number of pyridine rings is 1. The van der Waals surface area contributed by atoms with E-state index in [0.717, 1.165) is 11.8 Å². The van der Waals surface area contributed by atoms with Gasteiger partial charge < -0.3 is 9.84 Å². The monoisotopic (exact) mass is 233 g/mol. The first kappa shape index (κ1) is 11.4. The summed E-state index contributed by atoms with van der Waals surface area (Å²) in [5.74, 6) is 0.308. The van der Waals surface area contributed by atoms with E-state index in [1.807, 2.05) is 6.92 Å². The smallest absolute Gasteiger partial charge is 0.141 e. The maximum atomic E-state index is 12.9. The quantitative estimate of drug-likeness (QED) is 0.886. The van der Waals surface area contributed by atoms with Crippen molar-refractivity contribution in [2.75, 3.05) is 0 Å². The minimum atomic E-state index is -0.391. The van der Waals surface area contributed by atoms with Crippen molar-refractivity contribution in [2.45, 2.75) is 13.5 Å².